The molecule has 1 aromatic carbocycles. The van der Waals surface area contributed by atoms with Gasteiger partial charge in [-0.2, -0.15) is 0 Å². The third-order valence-corrected chi connectivity index (χ3v) is 3.03. The van der Waals surface area contributed by atoms with Gasteiger partial charge in [0, 0.05) is 30.4 Å². The molecule has 0 heterocycles. The lowest BCUT2D eigenvalue weighted by Crippen LogP contribution is -2.38. The van der Waals surface area contributed by atoms with Gasteiger partial charge in [-0.3, -0.25) is 4.99 Å². The zero-order valence-corrected chi connectivity index (χ0v) is 15.1. The minimum atomic E-state index is 0.102. The van der Waals surface area contributed by atoms with Crippen molar-refractivity contribution in [3.05, 3.63) is 18.2 Å². The van der Waals surface area contributed by atoms with Crippen LogP contribution in [0, 0.1) is 0 Å². The van der Waals surface area contributed by atoms with Gasteiger partial charge < -0.3 is 25.4 Å². The number of aliphatic imine (C=N–C) groups is 1. The summed E-state index contributed by atoms with van der Waals surface area (Å²) in [6.45, 7) is 10.8. The number of anilines is 1. The lowest BCUT2D eigenvalue weighted by atomic mass is 10.1. The second-order valence-electron chi connectivity index (χ2n) is 6.13. The maximum absolute atomic E-state index is 5.32. The van der Waals surface area contributed by atoms with Crippen molar-refractivity contribution in [2.24, 2.45) is 4.99 Å². The number of benzene rings is 1. The van der Waals surface area contributed by atoms with Crippen LogP contribution in [-0.4, -0.2) is 45.4 Å². The summed E-state index contributed by atoms with van der Waals surface area (Å²) >= 11 is 0. The van der Waals surface area contributed by atoms with Crippen molar-refractivity contribution in [3.63, 3.8) is 0 Å². The molecule has 0 radical (unpaired) electrons. The minimum absolute atomic E-state index is 0.102. The molecule has 6 heteroatoms. The van der Waals surface area contributed by atoms with Crippen molar-refractivity contribution in [2.75, 3.05) is 39.2 Å². The SMILES string of the molecule is CCNC(=NCCNC(C)(C)C)Nc1ccc(OC)c(OC)c1. The second kappa shape index (κ2) is 9.25. The van der Waals surface area contributed by atoms with Crippen molar-refractivity contribution in [3.8, 4) is 11.5 Å². The molecule has 0 saturated carbocycles. The first-order chi connectivity index (χ1) is 10.9. The average molecular weight is 322 g/mol. The maximum Gasteiger partial charge on any atom is 0.195 e. The molecule has 0 aromatic heterocycles. The fraction of sp³-hybridized carbons (Fsp3) is 0.588. The van der Waals surface area contributed by atoms with Crippen LogP contribution >= 0.6 is 0 Å². The molecule has 1 aromatic rings. The van der Waals surface area contributed by atoms with E-state index in [4.69, 9.17) is 9.47 Å². The molecular formula is C17H30N4O2. The summed E-state index contributed by atoms with van der Waals surface area (Å²) in [5.74, 6) is 2.13. The summed E-state index contributed by atoms with van der Waals surface area (Å²) in [6, 6.07) is 5.69. The molecule has 0 amide bonds. The predicted molar refractivity (Wildman–Crippen MR) is 96.9 cm³/mol. The molecule has 0 saturated heterocycles. The Balaban J connectivity index is 2.71. The quantitative estimate of drug-likeness (QED) is 0.409. The summed E-state index contributed by atoms with van der Waals surface area (Å²) in [5.41, 5.74) is 0.996. The Labute approximate surface area is 139 Å². The molecule has 130 valence electrons. The summed E-state index contributed by atoms with van der Waals surface area (Å²) in [7, 11) is 3.25. The van der Waals surface area contributed by atoms with Crippen LogP contribution in [0.4, 0.5) is 5.69 Å². The molecule has 6 nitrogen and oxygen atoms in total. The van der Waals surface area contributed by atoms with E-state index in [9.17, 15) is 0 Å². The lowest BCUT2D eigenvalue weighted by molar-refractivity contribution is 0.355. The summed E-state index contributed by atoms with van der Waals surface area (Å²) in [5, 5.41) is 9.93. The first-order valence-corrected chi connectivity index (χ1v) is 7.92. The number of rotatable bonds is 7. The van der Waals surface area contributed by atoms with Crippen LogP contribution in [0.5, 0.6) is 11.5 Å². The Bertz CT molecular complexity index is 510. The van der Waals surface area contributed by atoms with Crippen LogP contribution < -0.4 is 25.4 Å². The van der Waals surface area contributed by atoms with Gasteiger partial charge in [0.15, 0.2) is 17.5 Å². The molecule has 1 rings (SSSR count). The van der Waals surface area contributed by atoms with E-state index in [0.29, 0.717) is 18.0 Å². The number of nitrogens with one attached hydrogen (secondary N) is 3. The minimum Gasteiger partial charge on any atom is -0.493 e. The normalized spacial score (nSPS) is 12.0. The van der Waals surface area contributed by atoms with E-state index in [1.165, 1.54) is 0 Å². The first kappa shape index (κ1) is 19.1. The standard InChI is InChI=1S/C17H30N4O2/c1-7-18-16(19-10-11-20-17(2,3)4)21-13-8-9-14(22-5)15(12-13)23-6/h8-9,12,20H,7,10-11H2,1-6H3,(H2,18,19,21). The average Bonchev–Trinajstić information content (AvgIpc) is 2.50. The topological polar surface area (TPSA) is 66.9 Å². The molecule has 0 atom stereocenters. The molecular weight excluding hydrogens is 292 g/mol. The lowest BCUT2D eigenvalue weighted by Gasteiger charge is -2.20. The summed E-state index contributed by atoms with van der Waals surface area (Å²) in [4.78, 5) is 4.57. The number of methoxy groups -OCH3 is 2. The Kier molecular flexibility index (Phi) is 7.68. The fourth-order valence-corrected chi connectivity index (χ4v) is 1.96. The Morgan fingerprint density at radius 3 is 2.39 bits per heavy atom. The van der Waals surface area contributed by atoms with Gasteiger partial charge in [0.2, 0.25) is 0 Å². The van der Waals surface area contributed by atoms with Crippen LogP contribution in [0.1, 0.15) is 27.7 Å². The summed E-state index contributed by atoms with van der Waals surface area (Å²) in [6.07, 6.45) is 0. The van der Waals surface area contributed by atoms with Gasteiger partial charge in [0.05, 0.1) is 20.8 Å². The second-order valence-corrected chi connectivity index (χ2v) is 6.13. The predicted octanol–water partition coefficient (Wildman–Crippen LogP) is 2.47. The molecule has 0 aliphatic carbocycles. The van der Waals surface area contributed by atoms with Crippen molar-refractivity contribution in [1.82, 2.24) is 10.6 Å². The number of hydrogen-bond donors (Lipinski definition) is 3. The first-order valence-electron chi connectivity index (χ1n) is 7.92. The zero-order valence-electron chi connectivity index (χ0n) is 15.1. The van der Waals surface area contributed by atoms with Crippen molar-refractivity contribution in [2.45, 2.75) is 33.2 Å². The summed E-state index contributed by atoms with van der Waals surface area (Å²) < 4.78 is 10.6. The number of hydrogen-bond acceptors (Lipinski definition) is 4. The van der Waals surface area contributed by atoms with Gasteiger partial charge in [-0.05, 0) is 39.8 Å². The van der Waals surface area contributed by atoms with E-state index >= 15 is 0 Å². The molecule has 0 bridgehead atoms. The molecule has 0 aliphatic heterocycles. The van der Waals surface area contributed by atoms with Gasteiger partial charge in [0.1, 0.15) is 0 Å². The number of ether oxygens (including phenoxy) is 2. The highest BCUT2D eigenvalue weighted by molar-refractivity contribution is 5.93. The van der Waals surface area contributed by atoms with Crippen LogP contribution in [0.15, 0.2) is 23.2 Å². The van der Waals surface area contributed by atoms with E-state index < -0.39 is 0 Å². The molecule has 0 aliphatic rings. The van der Waals surface area contributed by atoms with Crippen molar-refractivity contribution in [1.29, 1.82) is 0 Å². The molecule has 3 N–H and O–H groups in total. The highest BCUT2D eigenvalue weighted by Gasteiger charge is 2.08. The van der Waals surface area contributed by atoms with E-state index in [1.807, 2.05) is 25.1 Å². The smallest absolute Gasteiger partial charge is 0.195 e. The van der Waals surface area contributed by atoms with E-state index in [0.717, 1.165) is 24.7 Å². The van der Waals surface area contributed by atoms with Gasteiger partial charge >= 0.3 is 0 Å². The van der Waals surface area contributed by atoms with E-state index in [1.54, 1.807) is 14.2 Å². The molecule has 0 unspecified atom stereocenters. The molecule has 0 spiro atoms. The highest BCUT2D eigenvalue weighted by atomic mass is 16.5. The third kappa shape index (κ3) is 7.23. The fourth-order valence-electron chi connectivity index (χ4n) is 1.96. The number of guanidine groups is 1. The maximum atomic E-state index is 5.32. The highest BCUT2D eigenvalue weighted by Crippen LogP contribution is 2.29. The third-order valence-electron chi connectivity index (χ3n) is 3.03. The van der Waals surface area contributed by atoms with E-state index in [2.05, 4.69) is 41.7 Å². The zero-order chi connectivity index (χ0) is 17.3. The molecule has 23 heavy (non-hydrogen) atoms. The van der Waals surface area contributed by atoms with Crippen molar-refractivity contribution < 1.29 is 9.47 Å². The largest absolute Gasteiger partial charge is 0.493 e. The van der Waals surface area contributed by atoms with Crippen LogP contribution in [0.2, 0.25) is 0 Å². The number of nitrogens with zero attached hydrogens (tertiary/aromatic N) is 1. The van der Waals surface area contributed by atoms with Crippen LogP contribution in [0.3, 0.4) is 0 Å². The van der Waals surface area contributed by atoms with Gasteiger partial charge in [0.25, 0.3) is 0 Å². The van der Waals surface area contributed by atoms with Crippen molar-refractivity contribution >= 4 is 11.6 Å². The van der Waals surface area contributed by atoms with Crippen LogP contribution in [0.25, 0.3) is 0 Å². The Morgan fingerprint density at radius 1 is 1.13 bits per heavy atom. The monoisotopic (exact) mass is 322 g/mol. The molecule has 0 fully saturated rings. The van der Waals surface area contributed by atoms with Gasteiger partial charge in [-0.25, -0.2) is 0 Å². The Hall–Kier alpha value is -1.95. The van der Waals surface area contributed by atoms with Crippen LogP contribution in [-0.2, 0) is 0 Å². The van der Waals surface area contributed by atoms with Gasteiger partial charge in [-0.15, -0.1) is 0 Å². The van der Waals surface area contributed by atoms with E-state index in [-0.39, 0.29) is 5.54 Å². The van der Waals surface area contributed by atoms with Gasteiger partial charge in [-0.1, -0.05) is 0 Å². The Morgan fingerprint density at radius 2 is 1.83 bits per heavy atom.